The monoisotopic (exact) mass is 215 g/mol. The Kier molecular flexibility index (Phi) is 2.72. The van der Waals surface area contributed by atoms with E-state index in [4.69, 9.17) is 5.73 Å². The van der Waals surface area contributed by atoms with Crippen molar-refractivity contribution in [2.75, 3.05) is 6.54 Å². The summed E-state index contributed by atoms with van der Waals surface area (Å²) < 4.78 is 0. The standard InChI is InChI=1S/C15H21N/c16-8-7-11-9-13-5-1-3-12-4-2-6-14(10-11)15(12)13/h9-10,12H,1-8,16H2. The summed E-state index contributed by atoms with van der Waals surface area (Å²) in [7, 11) is 0. The fraction of sp³-hybridized carbons (Fsp3) is 0.600. The van der Waals surface area contributed by atoms with E-state index in [-0.39, 0.29) is 0 Å². The Morgan fingerprint density at radius 3 is 2.25 bits per heavy atom. The second-order valence-corrected chi connectivity index (χ2v) is 5.35. The molecule has 0 unspecified atom stereocenters. The minimum absolute atomic E-state index is 0.779. The van der Waals surface area contributed by atoms with Gasteiger partial charge in [-0.2, -0.15) is 0 Å². The van der Waals surface area contributed by atoms with E-state index in [0.29, 0.717) is 0 Å². The molecular weight excluding hydrogens is 194 g/mol. The van der Waals surface area contributed by atoms with Gasteiger partial charge in [-0.1, -0.05) is 12.1 Å². The molecule has 0 saturated carbocycles. The Bertz CT molecular complexity index is 363. The lowest BCUT2D eigenvalue weighted by Gasteiger charge is -2.32. The lowest BCUT2D eigenvalue weighted by molar-refractivity contribution is 0.476. The molecule has 0 aliphatic heterocycles. The van der Waals surface area contributed by atoms with Gasteiger partial charge in [-0.3, -0.25) is 0 Å². The molecule has 1 nitrogen and oxygen atoms in total. The van der Waals surface area contributed by atoms with E-state index in [0.717, 1.165) is 18.9 Å². The smallest absolute Gasteiger partial charge is 0.00367 e. The summed E-state index contributed by atoms with van der Waals surface area (Å²) in [5.41, 5.74) is 12.2. The van der Waals surface area contributed by atoms with Gasteiger partial charge in [0.05, 0.1) is 0 Å². The van der Waals surface area contributed by atoms with Gasteiger partial charge >= 0.3 is 0 Å². The lowest BCUT2D eigenvalue weighted by Crippen LogP contribution is -2.18. The normalized spacial score (nSPS) is 19.6. The van der Waals surface area contributed by atoms with Crippen LogP contribution in [0, 0.1) is 0 Å². The molecule has 0 bridgehead atoms. The van der Waals surface area contributed by atoms with Crippen LogP contribution in [0.1, 0.15) is 53.9 Å². The molecule has 0 aromatic heterocycles. The van der Waals surface area contributed by atoms with Crippen molar-refractivity contribution >= 4 is 0 Å². The van der Waals surface area contributed by atoms with Crippen molar-refractivity contribution in [1.29, 1.82) is 0 Å². The van der Waals surface area contributed by atoms with Gasteiger partial charge in [-0.15, -0.1) is 0 Å². The van der Waals surface area contributed by atoms with Crippen molar-refractivity contribution < 1.29 is 0 Å². The first-order valence-corrected chi connectivity index (χ1v) is 6.73. The summed E-state index contributed by atoms with van der Waals surface area (Å²) in [5, 5.41) is 0. The lowest BCUT2D eigenvalue weighted by atomic mass is 9.73. The minimum Gasteiger partial charge on any atom is -0.330 e. The van der Waals surface area contributed by atoms with Crippen LogP contribution in [0.15, 0.2) is 12.1 Å². The molecule has 1 aromatic carbocycles. The first-order valence-electron chi connectivity index (χ1n) is 6.73. The molecule has 0 heterocycles. The highest BCUT2D eigenvalue weighted by atomic mass is 14.5. The van der Waals surface area contributed by atoms with E-state index in [9.17, 15) is 0 Å². The Morgan fingerprint density at radius 2 is 1.69 bits per heavy atom. The Labute approximate surface area is 98.0 Å². The summed E-state index contributed by atoms with van der Waals surface area (Å²) in [4.78, 5) is 0. The van der Waals surface area contributed by atoms with Crippen LogP contribution < -0.4 is 5.73 Å². The van der Waals surface area contributed by atoms with Crippen LogP contribution in [0.25, 0.3) is 0 Å². The van der Waals surface area contributed by atoms with Crippen LogP contribution in [0.3, 0.4) is 0 Å². The van der Waals surface area contributed by atoms with Crippen molar-refractivity contribution in [3.05, 3.63) is 34.4 Å². The van der Waals surface area contributed by atoms with Crippen molar-refractivity contribution in [3.8, 4) is 0 Å². The van der Waals surface area contributed by atoms with Crippen LogP contribution in [-0.2, 0) is 19.3 Å². The fourth-order valence-corrected chi connectivity index (χ4v) is 3.61. The second kappa shape index (κ2) is 4.21. The SMILES string of the molecule is NCCc1cc2c3c(c1)CCCC3CCC2. The first kappa shape index (κ1) is 10.3. The maximum Gasteiger partial charge on any atom is -0.00367 e. The molecule has 16 heavy (non-hydrogen) atoms. The van der Waals surface area contributed by atoms with Crippen molar-refractivity contribution in [3.63, 3.8) is 0 Å². The van der Waals surface area contributed by atoms with Gasteiger partial charge in [0, 0.05) is 0 Å². The quantitative estimate of drug-likeness (QED) is 0.806. The fourth-order valence-electron chi connectivity index (χ4n) is 3.61. The highest BCUT2D eigenvalue weighted by molar-refractivity contribution is 5.44. The van der Waals surface area contributed by atoms with E-state index >= 15 is 0 Å². The summed E-state index contributed by atoms with van der Waals surface area (Å²) in [6.45, 7) is 0.779. The topological polar surface area (TPSA) is 26.0 Å². The summed E-state index contributed by atoms with van der Waals surface area (Å²) in [6.07, 6.45) is 9.29. The maximum atomic E-state index is 5.67. The van der Waals surface area contributed by atoms with E-state index in [1.807, 2.05) is 0 Å². The number of hydrogen-bond donors (Lipinski definition) is 1. The van der Waals surface area contributed by atoms with Crippen LogP contribution in [0.4, 0.5) is 0 Å². The maximum absolute atomic E-state index is 5.67. The molecule has 0 spiro atoms. The third-order valence-corrected chi connectivity index (χ3v) is 4.25. The zero-order chi connectivity index (χ0) is 11.0. The van der Waals surface area contributed by atoms with E-state index in [1.54, 1.807) is 16.7 Å². The second-order valence-electron chi connectivity index (χ2n) is 5.35. The van der Waals surface area contributed by atoms with Crippen LogP contribution in [-0.4, -0.2) is 6.54 Å². The summed E-state index contributed by atoms with van der Waals surface area (Å²) >= 11 is 0. The number of benzene rings is 1. The predicted molar refractivity (Wildman–Crippen MR) is 67.8 cm³/mol. The first-order chi connectivity index (χ1) is 7.88. The number of rotatable bonds is 2. The van der Waals surface area contributed by atoms with Crippen LogP contribution in [0.2, 0.25) is 0 Å². The Hall–Kier alpha value is -0.820. The molecule has 1 heteroatoms. The average molecular weight is 215 g/mol. The predicted octanol–water partition coefficient (Wildman–Crippen LogP) is 2.94. The van der Waals surface area contributed by atoms with Gasteiger partial charge in [-0.05, 0) is 79.7 Å². The molecule has 3 rings (SSSR count). The largest absolute Gasteiger partial charge is 0.330 e. The minimum atomic E-state index is 0.779. The van der Waals surface area contributed by atoms with Gasteiger partial charge < -0.3 is 5.73 Å². The van der Waals surface area contributed by atoms with E-state index in [1.165, 1.54) is 44.1 Å². The molecular formula is C15H21N. The van der Waals surface area contributed by atoms with E-state index < -0.39 is 0 Å². The molecule has 0 amide bonds. The Morgan fingerprint density at radius 1 is 1.06 bits per heavy atom. The number of nitrogens with two attached hydrogens (primary N) is 1. The van der Waals surface area contributed by atoms with Crippen molar-refractivity contribution in [2.45, 2.75) is 50.9 Å². The van der Waals surface area contributed by atoms with Crippen LogP contribution >= 0.6 is 0 Å². The van der Waals surface area contributed by atoms with Crippen molar-refractivity contribution in [1.82, 2.24) is 0 Å². The van der Waals surface area contributed by atoms with Gasteiger partial charge in [-0.25, -0.2) is 0 Å². The molecule has 2 aliphatic carbocycles. The molecule has 2 N–H and O–H groups in total. The van der Waals surface area contributed by atoms with Crippen molar-refractivity contribution in [2.24, 2.45) is 5.73 Å². The van der Waals surface area contributed by atoms with Crippen LogP contribution in [0.5, 0.6) is 0 Å². The zero-order valence-corrected chi connectivity index (χ0v) is 9.97. The highest BCUT2D eigenvalue weighted by Gasteiger charge is 2.26. The van der Waals surface area contributed by atoms with Gasteiger partial charge in [0.25, 0.3) is 0 Å². The molecule has 1 aromatic rings. The molecule has 86 valence electrons. The summed E-state index contributed by atoms with van der Waals surface area (Å²) in [5.74, 6) is 0.888. The molecule has 0 fully saturated rings. The highest BCUT2D eigenvalue weighted by Crippen LogP contribution is 2.41. The molecule has 2 aliphatic rings. The summed E-state index contributed by atoms with van der Waals surface area (Å²) in [6, 6.07) is 4.87. The molecule has 0 atom stereocenters. The zero-order valence-electron chi connectivity index (χ0n) is 9.97. The Balaban J connectivity index is 2.06. The average Bonchev–Trinajstić information content (AvgIpc) is 2.30. The van der Waals surface area contributed by atoms with Gasteiger partial charge in [0.2, 0.25) is 0 Å². The van der Waals surface area contributed by atoms with Gasteiger partial charge in [0.15, 0.2) is 0 Å². The molecule has 0 radical (unpaired) electrons. The number of aryl methyl sites for hydroxylation is 2. The number of hydrogen-bond acceptors (Lipinski definition) is 1. The van der Waals surface area contributed by atoms with E-state index in [2.05, 4.69) is 12.1 Å². The third kappa shape index (κ3) is 1.67. The van der Waals surface area contributed by atoms with Gasteiger partial charge in [0.1, 0.15) is 0 Å². The molecule has 0 saturated heterocycles. The third-order valence-electron chi connectivity index (χ3n) is 4.25.